The Hall–Kier alpha value is -1.90. The van der Waals surface area contributed by atoms with E-state index in [2.05, 4.69) is 0 Å². The van der Waals surface area contributed by atoms with Gasteiger partial charge in [-0.25, -0.2) is 0 Å². The van der Waals surface area contributed by atoms with Crippen LogP contribution >= 0.6 is 0 Å². The first kappa shape index (κ1) is 16.6. The molecule has 2 heterocycles. The smallest absolute Gasteiger partial charge is 0.416 e. The van der Waals surface area contributed by atoms with Crippen LogP contribution in [0.5, 0.6) is 11.5 Å². The number of hydrogen-bond donors (Lipinski definition) is 0. The number of rotatable bonds is 1. The van der Waals surface area contributed by atoms with Crippen molar-refractivity contribution in [3.63, 3.8) is 0 Å². The van der Waals surface area contributed by atoms with Crippen LogP contribution in [0, 0.1) is 0 Å². The topological polar surface area (TPSA) is 21.7 Å². The highest BCUT2D eigenvalue weighted by atomic mass is 19.4. The second-order valence-corrected chi connectivity index (χ2v) is 6.27. The van der Waals surface area contributed by atoms with Crippen LogP contribution in [-0.4, -0.2) is 37.1 Å². The number of hydrogen-bond acceptors (Lipinski definition) is 3. The molecule has 1 unspecified atom stereocenters. The molecule has 9 heteroatoms. The first-order chi connectivity index (χ1) is 11.6. The van der Waals surface area contributed by atoms with Gasteiger partial charge in [0, 0.05) is 0 Å². The van der Waals surface area contributed by atoms with Crippen molar-refractivity contribution >= 4 is 5.57 Å². The molecule has 0 N–H and O–H groups in total. The maximum absolute atomic E-state index is 14.1. The van der Waals surface area contributed by atoms with E-state index in [1.807, 2.05) is 0 Å². The molecule has 0 saturated carbocycles. The molecule has 136 valence electrons. The van der Waals surface area contributed by atoms with Crippen molar-refractivity contribution in [2.75, 3.05) is 19.9 Å². The molecule has 1 atom stereocenters. The van der Waals surface area contributed by atoms with Crippen molar-refractivity contribution in [3.8, 4) is 11.5 Å². The Kier molecular flexibility index (Phi) is 3.35. The second kappa shape index (κ2) is 5.06. The molecule has 3 nitrogen and oxygen atoms in total. The van der Waals surface area contributed by atoms with Gasteiger partial charge >= 0.3 is 12.4 Å². The Morgan fingerprint density at radius 1 is 0.920 bits per heavy atom. The van der Waals surface area contributed by atoms with E-state index in [1.165, 1.54) is 0 Å². The zero-order valence-electron chi connectivity index (χ0n) is 12.8. The highest BCUT2D eigenvalue weighted by Crippen LogP contribution is 2.58. The average Bonchev–Trinajstić information content (AvgIpc) is 3.21. The second-order valence-electron chi connectivity index (χ2n) is 6.27. The Balaban J connectivity index is 2.01. The van der Waals surface area contributed by atoms with Crippen molar-refractivity contribution in [3.05, 3.63) is 29.3 Å². The molecule has 0 amide bonds. The number of alkyl halides is 6. The lowest BCUT2D eigenvalue weighted by Crippen LogP contribution is -2.53. The van der Waals surface area contributed by atoms with Crippen molar-refractivity contribution in [2.45, 2.75) is 30.7 Å². The number of halogens is 6. The van der Waals surface area contributed by atoms with Gasteiger partial charge in [0.25, 0.3) is 0 Å². The first-order valence-corrected chi connectivity index (χ1v) is 7.71. The summed E-state index contributed by atoms with van der Waals surface area (Å²) in [7, 11) is 0. The molecule has 25 heavy (non-hydrogen) atoms. The molecule has 1 aliphatic carbocycles. The van der Waals surface area contributed by atoms with Crippen LogP contribution in [0.4, 0.5) is 26.3 Å². The average molecular weight is 365 g/mol. The van der Waals surface area contributed by atoms with Crippen LogP contribution in [0.15, 0.2) is 18.2 Å². The number of fused-ring (bicyclic) bond motifs is 2. The Labute approximate surface area is 138 Å². The fraction of sp³-hybridized carbons (Fsp3) is 0.500. The van der Waals surface area contributed by atoms with Crippen molar-refractivity contribution in [2.24, 2.45) is 0 Å². The van der Waals surface area contributed by atoms with E-state index < -0.39 is 34.6 Å². The lowest BCUT2D eigenvalue weighted by molar-refractivity contribution is -0.216. The lowest BCUT2D eigenvalue weighted by Gasteiger charge is -2.39. The highest BCUT2D eigenvalue weighted by molar-refractivity contribution is 5.82. The monoisotopic (exact) mass is 365 g/mol. The Bertz CT molecular complexity index is 748. The lowest BCUT2D eigenvalue weighted by atomic mass is 9.89. The van der Waals surface area contributed by atoms with Crippen LogP contribution in [0.1, 0.15) is 24.0 Å². The molecule has 1 saturated heterocycles. The summed E-state index contributed by atoms with van der Waals surface area (Å²) in [5.41, 5.74) is -5.03. The summed E-state index contributed by atoms with van der Waals surface area (Å²) in [6, 6.07) is 2.04. The molecular weight excluding hydrogens is 352 g/mol. The predicted octanol–water partition coefficient (Wildman–Crippen LogP) is 4.23. The molecule has 0 radical (unpaired) electrons. The summed E-state index contributed by atoms with van der Waals surface area (Å²) in [5, 5.41) is 0. The fourth-order valence-electron chi connectivity index (χ4n) is 3.82. The summed E-state index contributed by atoms with van der Waals surface area (Å²) in [4.78, 5) is 1.08. The molecule has 3 aliphatic rings. The standard InChI is InChI=1S/C16H13F6NO2/c17-15(18,19)11-7-14(16(20,21)22,23-3-1-2-4-23)10-6-13-12(5-9(10)11)24-8-25-13/h5-7H,1-4,8H2. The van der Waals surface area contributed by atoms with Crippen molar-refractivity contribution < 1.29 is 35.8 Å². The molecule has 0 aromatic heterocycles. The van der Waals surface area contributed by atoms with Gasteiger partial charge in [-0.2, -0.15) is 26.3 Å². The third kappa shape index (κ3) is 2.24. The predicted molar refractivity (Wildman–Crippen MR) is 75.1 cm³/mol. The van der Waals surface area contributed by atoms with Crippen molar-refractivity contribution in [1.82, 2.24) is 4.90 Å². The van der Waals surface area contributed by atoms with E-state index in [0.717, 1.165) is 17.0 Å². The molecule has 0 spiro atoms. The molecule has 2 aliphatic heterocycles. The van der Waals surface area contributed by atoms with Crippen LogP contribution < -0.4 is 9.47 Å². The zero-order valence-corrected chi connectivity index (χ0v) is 12.8. The van der Waals surface area contributed by atoms with Gasteiger partial charge in [0.1, 0.15) is 0 Å². The Morgan fingerprint density at radius 2 is 1.52 bits per heavy atom. The molecule has 4 rings (SSSR count). The maximum Gasteiger partial charge on any atom is 0.416 e. The minimum absolute atomic E-state index is 0.0216. The van der Waals surface area contributed by atoms with Crippen molar-refractivity contribution in [1.29, 1.82) is 0 Å². The van der Waals surface area contributed by atoms with E-state index in [4.69, 9.17) is 9.47 Å². The first-order valence-electron chi connectivity index (χ1n) is 7.71. The van der Waals surface area contributed by atoms with Gasteiger partial charge in [0.15, 0.2) is 17.0 Å². The van der Waals surface area contributed by atoms with E-state index in [0.29, 0.717) is 18.9 Å². The summed E-state index contributed by atoms with van der Waals surface area (Å²) >= 11 is 0. The van der Waals surface area contributed by atoms with Crippen LogP contribution in [0.25, 0.3) is 5.57 Å². The summed E-state index contributed by atoms with van der Waals surface area (Å²) in [6.07, 6.45) is -8.49. The molecule has 1 aromatic rings. The third-order valence-electron chi connectivity index (χ3n) is 4.91. The van der Waals surface area contributed by atoms with Gasteiger partial charge in [-0.1, -0.05) is 0 Å². The van der Waals surface area contributed by atoms with E-state index in [-0.39, 0.29) is 31.4 Å². The molecule has 0 bridgehead atoms. The third-order valence-corrected chi connectivity index (χ3v) is 4.91. The Morgan fingerprint density at radius 3 is 2.08 bits per heavy atom. The summed E-state index contributed by atoms with van der Waals surface area (Å²) in [5.74, 6) is 0.0525. The van der Waals surface area contributed by atoms with Crippen LogP contribution in [0.2, 0.25) is 0 Å². The summed E-state index contributed by atoms with van der Waals surface area (Å²) in [6.45, 7) is -0.0733. The number of nitrogens with zero attached hydrogens (tertiary/aromatic N) is 1. The van der Waals surface area contributed by atoms with Gasteiger partial charge in [-0.3, -0.25) is 4.90 Å². The van der Waals surface area contributed by atoms with Gasteiger partial charge in [-0.05, 0) is 55.3 Å². The number of benzene rings is 1. The summed E-state index contributed by atoms with van der Waals surface area (Å²) < 4.78 is 93.0. The van der Waals surface area contributed by atoms with Gasteiger partial charge in [0.05, 0.1) is 5.57 Å². The quantitative estimate of drug-likeness (QED) is 0.696. The zero-order chi connectivity index (χ0) is 18.0. The van der Waals surface area contributed by atoms with Gasteiger partial charge in [-0.15, -0.1) is 0 Å². The van der Waals surface area contributed by atoms with E-state index >= 15 is 0 Å². The van der Waals surface area contributed by atoms with Gasteiger partial charge < -0.3 is 9.47 Å². The molecular formula is C16H13F6NO2. The van der Waals surface area contributed by atoms with Gasteiger partial charge in [0.2, 0.25) is 6.79 Å². The molecule has 1 fully saturated rings. The number of likely N-dealkylation sites (tertiary alicyclic amines) is 1. The number of allylic oxidation sites excluding steroid dienone is 1. The largest absolute Gasteiger partial charge is 0.454 e. The number of ether oxygens (including phenoxy) is 2. The minimum Gasteiger partial charge on any atom is -0.454 e. The maximum atomic E-state index is 14.1. The minimum atomic E-state index is -4.91. The normalized spacial score (nSPS) is 26.1. The van der Waals surface area contributed by atoms with E-state index in [1.54, 1.807) is 0 Å². The van der Waals surface area contributed by atoms with Crippen LogP contribution in [0.3, 0.4) is 0 Å². The highest BCUT2D eigenvalue weighted by Gasteiger charge is 2.64. The SMILES string of the molecule is FC(F)(F)C1=CC(N2CCCC2)(C(F)(F)F)c2cc3c(cc21)OCO3. The fourth-order valence-corrected chi connectivity index (χ4v) is 3.82. The van der Waals surface area contributed by atoms with Crippen LogP contribution in [-0.2, 0) is 5.54 Å². The van der Waals surface area contributed by atoms with E-state index in [9.17, 15) is 26.3 Å². The molecule has 1 aromatic carbocycles.